The highest BCUT2D eigenvalue weighted by atomic mass is 31.1. The van der Waals surface area contributed by atoms with Gasteiger partial charge in [0, 0.05) is 5.56 Å². The molecular weight excluding hydrogens is 228 g/mol. The Labute approximate surface area is 85.9 Å². The van der Waals surface area contributed by atoms with Crippen LogP contribution in [0, 0.1) is 6.92 Å². The van der Waals surface area contributed by atoms with Crippen molar-refractivity contribution in [1.82, 2.24) is 0 Å². The molecule has 82 valence electrons. The molecule has 0 amide bonds. The fourth-order valence-electron chi connectivity index (χ4n) is 0.970. The molecule has 1 aromatic rings. The lowest BCUT2D eigenvalue weighted by atomic mass is 10.2. The number of rotatable bonds is 3. The number of halogens is 3. The Kier molecular flexibility index (Phi) is 3.83. The number of hydrogen-bond donors (Lipinski definition) is 0. The summed E-state index contributed by atoms with van der Waals surface area (Å²) < 4.78 is 50.9. The van der Waals surface area contributed by atoms with E-state index < -0.39 is 20.8 Å². The first-order chi connectivity index (χ1) is 6.90. The van der Waals surface area contributed by atoms with Crippen LogP contribution in [-0.4, -0.2) is 12.8 Å². The molecule has 1 atom stereocenters. The van der Waals surface area contributed by atoms with E-state index in [1.165, 1.54) is 6.07 Å². The Hall–Kier alpha value is -0.930. The Morgan fingerprint density at radius 3 is 2.47 bits per heavy atom. The summed E-state index contributed by atoms with van der Waals surface area (Å²) in [5, 5.41) is 0.303. The maximum Gasteiger partial charge on any atom is 0.549 e. The van der Waals surface area contributed by atoms with Crippen LogP contribution in [0.4, 0.5) is 13.2 Å². The van der Waals surface area contributed by atoms with Crippen molar-refractivity contribution in [3.05, 3.63) is 29.8 Å². The first kappa shape index (κ1) is 12.1. The van der Waals surface area contributed by atoms with Gasteiger partial charge in [0.05, 0.1) is 0 Å². The molecule has 0 saturated carbocycles. The van der Waals surface area contributed by atoms with E-state index in [0.29, 0.717) is 10.9 Å². The van der Waals surface area contributed by atoms with Gasteiger partial charge in [0.2, 0.25) is 5.30 Å². The fourth-order valence-corrected chi connectivity index (χ4v) is 1.94. The molecule has 0 fully saturated rings. The summed E-state index contributed by atoms with van der Waals surface area (Å²) in [6.45, 7) is 0.177. The predicted octanol–water partition coefficient (Wildman–Crippen LogP) is 2.94. The van der Waals surface area contributed by atoms with Crippen LogP contribution in [-0.2, 0) is 9.09 Å². The quantitative estimate of drug-likeness (QED) is 0.755. The van der Waals surface area contributed by atoms with Gasteiger partial charge in [-0.3, -0.25) is 0 Å². The molecule has 0 saturated heterocycles. The van der Waals surface area contributed by atoms with Crippen molar-refractivity contribution in [3.63, 3.8) is 0 Å². The summed E-state index contributed by atoms with van der Waals surface area (Å²) in [4.78, 5) is 0. The van der Waals surface area contributed by atoms with Crippen molar-refractivity contribution in [2.45, 2.75) is 13.1 Å². The summed E-state index contributed by atoms with van der Waals surface area (Å²) in [7, 11) is -2.43. The van der Waals surface area contributed by atoms with Crippen LogP contribution in [0.3, 0.4) is 0 Å². The lowest BCUT2D eigenvalue weighted by molar-refractivity contribution is -0.152. The maximum absolute atomic E-state index is 11.8. The fraction of sp³-hybridized carbons (Fsp3) is 0.333. The highest BCUT2D eigenvalue weighted by Gasteiger charge is 2.35. The van der Waals surface area contributed by atoms with Crippen molar-refractivity contribution in [1.29, 1.82) is 0 Å². The SMILES string of the molecule is Cc1ccccc1[P+](=O)OCC(F)(F)F. The van der Waals surface area contributed by atoms with Gasteiger partial charge >= 0.3 is 14.2 Å². The molecule has 0 aromatic heterocycles. The average molecular weight is 237 g/mol. The molecule has 0 radical (unpaired) electrons. The number of hydrogen-bond acceptors (Lipinski definition) is 2. The average Bonchev–Trinajstić information content (AvgIpc) is 2.14. The smallest absolute Gasteiger partial charge is 0.168 e. The summed E-state index contributed by atoms with van der Waals surface area (Å²) in [6.07, 6.45) is -4.45. The molecule has 0 heterocycles. The van der Waals surface area contributed by atoms with Gasteiger partial charge in [0.1, 0.15) is 0 Å². The monoisotopic (exact) mass is 237 g/mol. The summed E-state index contributed by atoms with van der Waals surface area (Å²) in [5.41, 5.74) is 0.654. The Morgan fingerprint density at radius 1 is 1.33 bits per heavy atom. The Morgan fingerprint density at radius 2 is 1.93 bits per heavy atom. The molecule has 1 aromatic carbocycles. The minimum absolute atomic E-state index is 0.303. The molecule has 2 nitrogen and oxygen atoms in total. The van der Waals surface area contributed by atoms with Crippen molar-refractivity contribution in [2.75, 3.05) is 6.61 Å². The Balaban J connectivity index is 2.66. The molecule has 0 aliphatic carbocycles. The van der Waals surface area contributed by atoms with E-state index >= 15 is 0 Å². The van der Waals surface area contributed by atoms with Crippen LogP contribution in [0.1, 0.15) is 5.56 Å². The van der Waals surface area contributed by atoms with Crippen LogP contribution in [0.2, 0.25) is 0 Å². The standard InChI is InChI=1S/C9H9F3O2P/c1-7-4-2-3-5-8(7)15(13)14-6-9(10,11)12/h2-5H,6H2,1H3/q+1. The van der Waals surface area contributed by atoms with E-state index in [1.807, 2.05) is 0 Å². The van der Waals surface area contributed by atoms with Crippen LogP contribution < -0.4 is 5.30 Å². The molecular formula is C9H9F3O2P+. The number of benzene rings is 1. The van der Waals surface area contributed by atoms with E-state index in [0.717, 1.165) is 0 Å². The van der Waals surface area contributed by atoms with Gasteiger partial charge in [-0.05, 0) is 17.6 Å². The van der Waals surface area contributed by atoms with Crippen molar-refractivity contribution in [3.8, 4) is 0 Å². The minimum Gasteiger partial charge on any atom is -0.168 e. The zero-order valence-corrected chi connectivity index (χ0v) is 8.81. The summed E-state index contributed by atoms with van der Waals surface area (Å²) >= 11 is 0. The topological polar surface area (TPSA) is 26.3 Å². The van der Waals surface area contributed by atoms with E-state index in [2.05, 4.69) is 4.52 Å². The number of aryl methyl sites for hydroxylation is 1. The third-order valence-corrected chi connectivity index (χ3v) is 2.92. The van der Waals surface area contributed by atoms with Gasteiger partial charge in [-0.2, -0.15) is 13.2 Å². The van der Waals surface area contributed by atoms with Crippen LogP contribution in [0.5, 0.6) is 0 Å². The van der Waals surface area contributed by atoms with Gasteiger partial charge in [-0.15, -0.1) is 4.52 Å². The van der Waals surface area contributed by atoms with Crippen LogP contribution in [0.25, 0.3) is 0 Å². The molecule has 0 aliphatic heterocycles. The normalized spacial score (nSPS) is 12.7. The second-order valence-electron chi connectivity index (χ2n) is 2.93. The molecule has 6 heteroatoms. The molecule has 0 spiro atoms. The van der Waals surface area contributed by atoms with Gasteiger partial charge in [0.25, 0.3) is 0 Å². The molecule has 1 rings (SSSR count). The second-order valence-corrected chi connectivity index (χ2v) is 4.19. The highest BCUT2D eigenvalue weighted by molar-refractivity contribution is 7.48. The van der Waals surface area contributed by atoms with E-state index in [4.69, 9.17) is 0 Å². The second kappa shape index (κ2) is 4.73. The zero-order chi connectivity index (χ0) is 11.5. The van der Waals surface area contributed by atoms with Gasteiger partial charge in [-0.1, -0.05) is 18.2 Å². The third-order valence-electron chi connectivity index (χ3n) is 1.66. The summed E-state index contributed by atoms with van der Waals surface area (Å²) in [6, 6.07) is 6.47. The van der Waals surface area contributed by atoms with E-state index in [9.17, 15) is 17.7 Å². The number of alkyl halides is 3. The van der Waals surface area contributed by atoms with E-state index in [-0.39, 0.29) is 0 Å². The molecule has 15 heavy (non-hydrogen) atoms. The minimum atomic E-state index is -4.45. The first-order valence-corrected chi connectivity index (χ1v) is 5.30. The Bertz CT molecular complexity index is 363. The van der Waals surface area contributed by atoms with Gasteiger partial charge in [0.15, 0.2) is 6.61 Å². The van der Waals surface area contributed by atoms with Gasteiger partial charge < -0.3 is 0 Å². The highest BCUT2D eigenvalue weighted by Crippen LogP contribution is 2.27. The largest absolute Gasteiger partial charge is 0.549 e. The molecule has 0 aliphatic rings. The van der Waals surface area contributed by atoms with Crippen LogP contribution in [0.15, 0.2) is 24.3 Å². The third kappa shape index (κ3) is 3.98. The maximum atomic E-state index is 11.8. The van der Waals surface area contributed by atoms with Gasteiger partial charge in [-0.25, -0.2) is 0 Å². The predicted molar refractivity (Wildman–Crippen MR) is 50.4 cm³/mol. The van der Waals surface area contributed by atoms with Crippen LogP contribution >= 0.6 is 8.03 Å². The molecule has 0 bridgehead atoms. The molecule has 0 N–H and O–H groups in total. The zero-order valence-electron chi connectivity index (χ0n) is 7.91. The van der Waals surface area contributed by atoms with E-state index in [1.54, 1.807) is 25.1 Å². The van der Waals surface area contributed by atoms with Crippen molar-refractivity contribution in [2.24, 2.45) is 0 Å². The lowest BCUT2D eigenvalue weighted by Gasteiger charge is -1.99. The van der Waals surface area contributed by atoms with Crippen molar-refractivity contribution >= 4 is 13.3 Å². The van der Waals surface area contributed by atoms with Crippen molar-refractivity contribution < 1.29 is 22.3 Å². The molecule has 1 unspecified atom stereocenters. The lowest BCUT2D eigenvalue weighted by Crippen LogP contribution is -2.16. The summed E-state index contributed by atoms with van der Waals surface area (Å²) in [5.74, 6) is 0. The first-order valence-electron chi connectivity index (χ1n) is 4.13.